The fourth-order valence-corrected chi connectivity index (χ4v) is 4.40. The van der Waals surface area contributed by atoms with Crippen molar-refractivity contribution in [2.24, 2.45) is 0 Å². The highest BCUT2D eigenvalue weighted by atomic mass is 19.4. The molecule has 0 bridgehead atoms. The van der Waals surface area contributed by atoms with Crippen molar-refractivity contribution in [3.05, 3.63) is 59.8 Å². The number of nitrogens with two attached hydrogens (primary N) is 1. The summed E-state index contributed by atoms with van der Waals surface area (Å²) in [5, 5.41) is 1.09. The molecule has 1 saturated heterocycles. The van der Waals surface area contributed by atoms with Gasteiger partial charge in [0.25, 0.3) is 0 Å². The summed E-state index contributed by atoms with van der Waals surface area (Å²) in [4.78, 5) is 2.42. The van der Waals surface area contributed by atoms with E-state index in [9.17, 15) is 13.2 Å². The van der Waals surface area contributed by atoms with Gasteiger partial charge in [-0.1, -0.05) is 12.1 Å². The zero-order valence-electron chi connectivity index (χ0n) is 17.0. The Kier molecular flexibility index (Phi) is 5.64. The van der Waals surface area contributed by atoms with E-state index < -0.39 is 6.36 Å². The van der Waals surface area contributed by atoms with Gasteiger partial charge in [-0.05, 0) is 74.8 Å². The maximum atomic E-state index is 12.4. The number of likely N-dealkylation sites (tertiary alicyclic amines) is 1. The maximum Gasteiger partial charge on any atom is 0.573 e. The number of hydrogen-bond donors (Lipinski definition) is 1. The summed E-state index contributed by atoms with van der Waals surface area (Å²) in [5.74, 6) is -0.205. The van der Waals surface area contributed by atoms with Crippen molar-refractivity contribution < 1.29 is 17.9 Å². The lowest BCUT2D eigenvalue weighted by atomic mass is 10.1. The number of nitrogens with zero attached hydrogens (tertiary/aromatic N) is 2. The average Bonchev–Trinajstić information content (AvgIpc) is 3.22. The largest absolute Gasteiger partial charge is 0.573 e. The smallest absolute Gasteiger partial charge is 0.406 e. The molecule has 1 aliphatic rings. The van der Waals surface area contributed by atoms with Crippen LogP contribution in [-0.4, -0.2) is 35.5 Å². The van der Waals surface area contributed by atoms with E-state index in [0.717, 1.165) is 47.4 Å². The van der Waals surface area contributed by atoms with E-state index in [1.54, 1.807) is 12.1 Å². The Bertz CT molecular complexity index is 1010. The molecule has 1 unspecified atom stereocenters. The Balaban J connectivity index is 1.57. The molecule has 0 amide bonds. The van der Waals surface area contributed by atoms with Crippen molar-refractivity contribution in [3.8, 4) is 5.75 Å². The minimum atomic E-state index is -4.68. The van der Waals surface area contributed by atoms with Gasteiger partial charge < -0.3 is 19.9 Å². The summed E-state index contributed by atoms with van der Waals surface area (Å²) >= 11 is 0. The van der Waals surface area contributed by atoms with Crippen LogP contribution in [0.2, 0.25) is 0 Å². The van der Waals surface area contributed by atoms with Gasteiger partial charge in [0.15, 0.2) is 0 Å². The quantitative estimate of drug-likeness (QED) is 0.561. The van der Waals surface area contributed by atoms with E-state index in [1.807, 2.05) is 18.2 Å². The van der Waals surface area contributed by atoms with Gasteiger partial charge in [-0.15, -0.1) is 13.2 Å². The van der Waals surface area contributed by atoms with Crippen LogP contribution >= 0.6 is 0 Å². The van der Waals surface area contributed by atoms with Gasteiger partial charge in [0.1, 0.15) is 5.75 Å². The molecule has 4 rings (SSSR count). The summed E-state index contributed by atoms with van der Waals surface area (Å²) < 4.78 is 43.5. The van der Waals surface area contributed by atoms with E-state index >= 15 is 0 Å². The zero-order chi connectivity index (χ0) is 21.3. The molecule has 1 fully saturated rings. The molecule has 3 aromatic rings. The third-order valence-corrected chi connectivity index (χ3v) is 5.91. The highest BCUT2D eigenvalue weighted by molar-refractivity contribution is 5.84. The molecule has 1 atom stereocenters. The third kappa shape index (κ3) is 4.73. The number of fused-ring (bicyclic) bond motifs is 1. The Morgan fingerprint density at radius 3 is 2.53 bits per heavy atom. The first-order valence-electron chi connectivity index (χ1n) is 10.2. The average molecular weight is 417 g/mol. The molecule has 0 aliphatic carbocycles. The van der Waals surface area contributed by atoms with Gasteiger partial charge in [-0.25, -0.2) is 0 Å². The second kappa shape index (κ2) is 8.22. The number of aromatic nitrogens is 1. The van der Waals surface area contributed by atoms with E-state index in [1.165, 1.54) is 25.0 Å². The van der Waals surface area contributed by atoms with Crippen molar-refractivity contribution >= 4 is 16.6 Å². The van der Waals surface area contributed by atoms with Crippen molar-refractivity contribution in [2.45, 2.75) is 44.6 Å². The molecule has 2 aromatic carbocycles. The third-order valence-electron chi connectivity index (χ3n) is 5.91. The van der Waals surface area contributed by atoms with Crippen LogP contribution in [0, 0.1) is 0 Å². The number of nitrogen functional groups attached to an aromatic ring is 1. The molecule has 1 aromatic heterocycles. The van der Waals surface area contributed by atoms with Crippen LogP contribution in [0.15, 0.2) is 48.5 Å². The molecule has 160 valence electrons. The van der Waals surface area contributed by atoms with E-state index in [2.05, 4.69) is 27.3 Å². The molecule has 0 saturated carbocycles. The van der Waals surface area contributed by atoms with E-state index in [0.29, 0.717) is 12.5 Å². The van der Waals surface area contributed by atoms with Gasteiger partial charge in [-0.2, -0.15) is 0 Å². The number of alkyl halides is 3. The minimum absolute atomic E-state index is 0.205. The predicted molar refractivity (Wildman–Crippen MR) is 113 cm³/mol. The lowest BCUT2D eigenvalue weighted by molar-refractivity contribution is -0.274. The normalized spacial score (nSPS) is 17.7. The second-order valence-corrected chi connectivity index (χ2v) is 8.04. The summed E-state index contributed by atoms with van der Waals surface area (Å²) in [6.45, 7) is 2.04. The fourth-order valence-electron chi connectivity index (χ4n) is 4.40. The highest BCUT2D eigenvalue weighted by Gasteiger charge is 2.31. The Labute approximate surface area is 174 Å². The molecular formula is C23H26F3N3O. The van der Waals surface area contributed by atoms with Crippen LogP contribution in [0.1, 0.15) is 30.5 Å². The van der Waals surface area contributed by atoms with E-state index in [4.69, 9.17) is 5.73 Å². The number of ether oxygens (including phenoxy) is 1. The Morgan fingerprint density at radius 1 is 1.10 bits per heavy atom. The van der Waals surface area contributed by atoms with Crippen LogP contribution < -0.4 is 10.5 Å². The van der Waals surface area contributed by atoms with Crippen LogP contribution in [0.25, 0.3) is 10.9 Å². The monoisotopic (exact) mass is 417 g/mol. The lowest BCUT2D eigenvalue weighted by Crippen LogP contribution is -2.26. The molecule has 2 N–H and O–H groups in total. The van der Waals surface area contributed by atoms with Crippen molar-refractivity contribution in [1.82, 2.24) is 9.47 Å². The van der Waals surface area contributed by atoms with Crippen LogP contribution in [0.3, 0.4) is 0 Å². The SMILES string of the molecule is CN1CCCC1CCn1c(Cc2ccc(OC(F)(F)F)cc2)cc2cc(N)ccc21. The van der Waals surface area contributed by atoms with E-state index in [-0.39, 0.29) is 5.75 Å². The molecule has 2 heterocycles. The van der Waals surface area contributed by atoms with Crippen molar-refractivity contribution in [3.63, 3.8) is 0 Å². The van der Waals surface area contributed by atoms with Gasteiger partial charge in [0, 0.05) is 41.3 Å². The number of rotatable bonds is 6. The number of hydrogen-bond acceptors (Lipinski definition) is 3. The first-order chi connectivity index (χ1) is 14.3. The topological polar surface area (TPSA) is 43.4 Å². The van der Waals surface area contributed by atoms with Crippen LogP contribution in [0.4, 0.5) is 18.9 Å². The number of benzene rings is 2. The molecule has 4 nitrogen and oxygen atoms in total. The highest BCUT2D eigenvalue weighted by Crippen LogP contribution is 2.28. The first kappa shape index (κ1) is 20.6. The van der Waals surface area contributed by atoms with Crippen molar-refractivity contribution in [1.29, 1.82) is 0 Å². The summed E-state index contributed by atoms with van der Waals surface area (Å²) in [6, 6.07) is 14.7. The number of aryl methyl sites for hydroxylation is 1. The summed E-state index contributed by atoms with van der Waals surface area (Å²) in [7, 11) is 2.18. The fraction of sp³-hybridized carbons (Fsp3) is 0.391. The first-order valence-corrected chi connectivity index (χ1v) is 10.2. The molecule has 7 heteroatoms. The van der Waals surface area contributed by atoms with Crippen LogP contribution in [0.5, 0.6) is 5.75 Å². The molecule has 30 heavy (non-hydrogen) atoms. The Morgan fingerprint density at radius 2 is 1.87 bits per heavy atom. The molecule has 0 radical (unpaired) electrons. The number of anilines is 1. The van der Waals surface area contributed by atoms with Gasteiger partial charge in [-0.3, -0.25) is 0 Å². The summed E-state index contributed by atoms with van der Waals surface area (Å²) in [5.41, 5.74) is 9.88. The van der Waals surface area contributed by atoms with Gasteiger partial charge in [0.05, 0.1) is 0 Å². The molecule has 0 spiro atoms. The Hall–Kier alpha value is -2.67. The predicted octanol–water partition coefficient (Wildman–Crippen LogP) is 5.20. The maximum absolute atomic E-state index is 12.4. The zero-order valence-corrected chi connectivity index (χ0v) is 17.0. The standard InChI is InChI=1S/C23H26F3N3O/c1-28-11-2-3-19(28)10-12-29-20(15-17-14-18(27)6-9-22(17)29)13-16-4-7-21(8-5-16)30-23(24,25)26/h4-9,14-15,19H,2-3,10-13,27H2,1H3. The summed E-state index contributed by atoms with van der Waals surface area (Å²) in [6.07, 6.45) is -0.527. The van der Waals surface area contributed by atoms with Crippen molar-refractivity contribution in [2.75, 3.05) is 19.3 Å². The van der Waals surface area contributed by atoms with Gasteiger partial charge >= 0.3 is 6.36 Å². The molecular weight excluding hydrogens is 391 g/mol. The molecule has 1 aliphatic heterocycles. The lowest BCUT2D eigenvalue weighted by Gasteiger charge is -2.21. The van der Waals surface area contributed by atoms with Crippen LogP contribution in [-0.2, 0) is 13.0 Å². The number of halogens is 3. The van der Waals surface area contributed by atoms with Gasteiger partial charge in [0.2, 0.25) is 0 Å². The minimum Gasteiger partial charge on any atom is -0.406 e. The second-order valence-electron chi connectivity index (χ2n) is 8.04.